The van der Waals surface area contributed by atoms with E-state index in [1.807, 2.05) is 27.7 Å². The van der Waals surface area contributed by atoms with Gasteiger partial charge in [0, 0.05) is 0 Å². The Balaban J connectivity index is 2.64. The maximum absolute atomic E-state index is 11.9. The van der Waals surface area contributed by atoms with Crippen molar-refractivity contribution in [1.29, 1.82) is 0 Å². The van der Waals surface area contributed by atoms with E-state index in [1.54, 1.807) is 24.3 Å². The lowest BCUT2D eigenvalue weighted by molar-refractivity contribution is 0.00688. The van der Waals surface area contributed by atoms with Gasteiger partial charge in [0.15, 0.2) is 0 Å². The molecule has 1 unspecified atom stereocenters. The Labute approximate surface area is 132 Å². The minimum Gasteiger partial charge on any atom is -0.462 e. The topological polar surface area (TPSA) is 52.6 Å². The van der Waals surface area contributed by atoms with E-state index in [0.29, 0.717) is 29.6 Å². The first-order valence-corrected chi connectivity index (χ1v) is 7.60. The summed E-state index contributed by atoms with van der Waals surface area (Å²) in [7, 11) is 0. The molecular weight excluding hydrogens is 280 g/mol. The number of carbonyl (C=O) groups is 2. The van der Waals surface area contributed by atoms with E-state index in [4.69, 9.17) is 9.47 Å². The van der Waals surface area contributed by atoms with Crippen LogP contribution in [-0.2, 0) is 9.47 Å². The third kappa shape index (κ3) is 5.88. The second kappa shape index (κ2) is 7.43. The van der Waals surface area contributed by atoms with Crippen LogP contribution in [0.3, 0.4) is 0 Å². The van der Waals surface area contributed by atoms with E-state index >= 15 is 0 Å². The van der Waals surface area contributed by atoms with Crippen molar-refractivity contribution in [2.24, 2.45) is 11.8 Å². The highest BCUT2D eigenvalue weighted by Crippen LogP contribution is 2.14. The van der Waals surface area contributed by atoms with Crippen LogP contribution in [0.2, 0.25) is 0 Å². The average molecular weight is 306 g/mol. The second-order valence-corrected chi connectivity index (χ2v) is 6.90. The molecule has 1 aromatic rings. The van der Waals surface area contributed by atoms with Crippen molar-refractivity contribution in [1.82, 2.24) is 0 Å². The molecule has 0 bridgehead atoms. The molecule has 1 rings (SSSR count). The van der Waals surface area contributed by atoms with E-state index in [-0.39, 0.29) is 5.97 Å². The zero-order chi connectivity index (χ0) is 16.9. The summed E-state index contributed by atoms with van der Waals surface area (Å²) in [5, 5.41) is 0. The van der Waals surface area contributed by atoms with Gasteiger partial charge in [-0.05, 0) is 56.9 Å². The number of ether oxygens (including phenoxy) is 2. The number of hydrogen-bond donors (Lipinski definition) is 0. The van der Waals surface area contributed by atoms with Crippen LogP contribution in [0.4, 0.5) is 0 Å². The van der Waals surface area contributed by atoms with Crippen LogP contribution in [0.1, 0.15) is 62.3 Å². The quantitative estimate of drug-likeness (QED) is 0.769. The number of rotatable bonds is 5. The van der Waals surface area contributed by atoms with E-state index in [1.165, 1.54) is 0 Å². The van der Waals surface area contributed by atoms with Crippen molar-refractivity contribution in [3.63, 3.8) is 0 Å². The zero-order valence-electron chi connectivity index (χ0n) is 14.3. The molecule has 0 radical (unpaired) electrons. The van der Waals surface area contributed by atoms with Crippen LogP contribution in [0.15, 0.2) is 24.3 Å². The predicted octanol–water partition coefficient (Wildman–Crippen LogP) is 4.09. The molecular formula is C18H26O4. The van der Waals surface area contributed by atoms with Crippen LogP contribution in [-0.4, -0.2) is 24.1 Å². The fraction of sp³-hybridized carbons (Fsp3) is 0.556. The molecule has 0 saturated heterocycles. The summed E-state index contributed by atoms with van der Waals surface area (Å²) in [6.07, 6.45) is 0. The van der Waals surface area contributed by atoms with Crippen molar-refractivity contribution in [2.45, 2.75) is 47.1 Å². The summed E-state index contributed by atoms with van der Waals surface area (Å²) in [5.41, 5.74) is 0.312. The second-order valence-electron chi connectivity index (χ2n) is 6.90. The van der Waals surface area contributed by atoms with E-state index < -0.39 is 11.6 Å². The predicted molar refractivity (Wildman–Crippen MR) is 85.9 cm³/mol. The summed E-state index contributed by atoms with van der Waals surface area (Å²) in [5.74, 6) is -0.00332. The highest BCUT2D eigenvalue weighted by molar-refractivity contribution is 5.93. The first kappa shape index (κ1) is 18.2. The highest BCUT2D eigenvalue weighted by Gasteiger charge is 2.18. The van der Waals surface area contributed by atoms with Crippen molar-refractivity contribution >= 4 is 11.9 Å². The molecule has 1 atom stereocenters. The lowest BCUT2D eigenvalue weighted by atomic mass is 9.99. The molecule has 4 nitrogen and oxygen atoms in total. The van der Waals surface area contributed by atoms with Crippen LogP contribution >= 0.6 is 0 Å². The van der Waals surface area contributed by atoms with Crippen molar-refractivity contribution < 1.29 is 19.1 Å². The highest BCUT2D eigenvalue weighted by atomic mass is 16.6. The Hall–Kier alpha value is -1.84. The van der Waals surface area contributed by atoms with Gasteiger partial charge >= 0.3 is 11.9 Å². The van der Waals surface area contributed by atoms with Crippen LogP contribution < -0.4 is 0 Å². The molecule has 122 valence electrons. The van der Waals surface area contributed by atoms with Gasteiger partial charge in [0.05, 0.1) is 17.7 Å². The zero-order valence-corrected chi connectivity index (χ0v) is 14.3. The minimum atomic E-state index is -0.540. The summed E-state index contributed by atoms with van der Waals surface area (Å²) in [6.45, 7) is 12.1. The Morgan fingerprint density at radius 1 is 0.955 bits per heavy atom. The van der Waals surface area contributed by atoms with Crippen molar-refractivity contribution in [3.05, 3.63) is 35.4 Å². The smallest absolute Gasteiger partial charge is 0.338 e. The Kier molecular flexibility index (Phi) is 6.15. The van der Waals surface area contributed by atoms with Crippen molar-refractivity contribution in [2.75, 3.05) is 6.61 Å². The van der Waals surface area contributed by atoms with Gasteiger partial charge in [-0.15, -0.1) is 0 Å². The van der Waals surface area contributed by atoms with Gasteiger partial charge in [-0.2, -0.15) is 0 Å². The molecule has 0 aliphatic carbocycles. The number of benzene rings is 1. The van der Waals surface area contributed by atoms with E-state index in [0.717, 1.165) is 0 Å². The summed E-state index contributed by atoms with van der Waals surface area (Å²) < 4.78 is 10.6. The molecule has 0 heterocycles. The Bertz CT molecular complexity index is 509. The average Bonchev–Trinajstić information content (AvgIpc) is 2.42. The normalized spacial score (nSPS) is 12.9. The van der Waals surface area contributed by atoms with Crippen LogP contribution in [0.5, 0.6) is 0 Å². The molecule has 22 heavy (non-hydrogen) atoms. The first-order valence-electron chi connectivity index (χ1n) is 7.60. The molecule has 1 aromatic carbocycles. The largest absolute Gasteiger partial charge is 0.462 e. The number of hydrogen-bond acceptors (Lipinski definition) is 4. The third-order valence-corrected chi connectivity index (χ3v) is 3.37. The Morgan fingerprint density at radius 3 is 1.82 bits per heavy atom. The van der Waals surface area contributed by atoms with E-state index in [9.17, 15) is 9.59 Å². The molecule has 0 N–H and O–H groups in total. The minimum absolute atomic E-state index is 0.310. The first-order chi connectivity index (χ1) is 10.1. The molecule has 0 aromatic heterocycles. The summed E-state index contributed by atoms with van der Waals surface area (Å²) in [4.78, 5) is 23.8. The van der Waals surface area contributed by atoms with Gasteiger partial charge in [0.1, 0.15) is 5.60 Å². The third-order valence-electron chi connectivity index (χ3n) is 3.37. The van der Waals surface area contributed by atoms with Crippen LogP contribution in [0.25, 0.3) is 0 Å². The summed E-state index contributed by atoms with van der Waals surface area (Å²) >= 11 is 0. The monoisotopic (exact) mass is 306 g/mol. The fourth-order valence-corrected chi connectivity index (χ4v) is 1.56. The molecule has 0 amide bonds. The molecule has 0 spiro atoms. The Morgan fingerprint density at radius 2 is 1.41 bits per heavy atom. The maximum Gasteiger partial charge on any atom is 0.338 e. The molecule has 0 saturated carbocycles. The number of carbonyl (C=O) groups excluding carboxylic acids is 2. The van der Waals surface area contributed by atoms with Crippen molar-refractivity contribution in [3.8, 4) is 0 Å². The summed E-state index contributed by atoms with van der Waals surface area (Å²) in [6, 6.07) is 6.33. The van der Waals surface area contributed by atoms with Crippen LogP contribution in [0, 0.1) is 11.8 Å². The maximum atomic E-state index is 11.9. The van der Waals surface area contributed by atoms with Gasteiger partial charge < -0.3 is 9.47 Å². The fourth-order valence-electron chi connectivity index (χ4n) is 1.56. The van der Waals surface area contributed by atoms with Gasteiger partial charge in [-0.1, -0.05) is 20.8 Å². The molecule has 0 fully saturated rings. The molecule has 0 aliphatic heterocycles. The van der Waals surface area contributed by atoms with E-state index in [2.05, 4.69) is 13.8 Å². The standard InChI is InChI=1S/C18H26O4/c1-12(2)13(3)11-21-16(19)14-7-9-15(10-8-14)17(20)22-18(4,5)6/h7-10,12-13H,11H2,1-6H3. The SMILES string of the molecule is CC(C)C(C)COC(=O)c1ccc(C(=O)OC(C)(C)C)cc1. The molecule has 0 aliphatic rings. The number of esters is 2. The molecule has 4 heteroatoms. The van der Waals surface area contributed by atoms with Gasteiger partial charge in [0.25, 0.3) is 0 Å². The van der Waals surface area contributed by atoms with Gasteiger partial charge in [-0.3, -0.25) is 0 Å². The lowest BCUT2D eigenvalue weighted by Crippen LogP contribution is -2.23. The van der Waals surface area contributed by atoms with Gasteiger partial charge in [-0.25, -0.2) is 9.59 Å². The lowest BCUT2D eigenvalue weighted by Gasteiger charge is -2.19. The van der Waals surface area contributed by atoms with Gasteiger partial charge in [0.2, 0.25) is 0 Å².